The molecule has 0 spiro atoms. The highest BCUT2D eigenvalue weighted by atomic mass is 16.3. The zero-order chi connectivity index (χ0) is 19.2. The highest BCUT2D eigenvalue weighted by Gasteiger charge is 2.26. The van der Waals surface area contributed by atoms with E-state index in [0.29, 0.717) is 12.5 Å². The molecule has 0 unspecified atom stereocenters. The Bertz CT molecular complexity index is 723. The van der Waals surface area contributed by atoms with Crippen LogP contribution in [0.25, 0.3) is 0 Å². The quantitative estimate of drug-likeness (QED) is 0.732. The van der Waals surface area contributed by atoms with Crippen LogP contribution in [-0.4, -0.2) is 64.4 Å². The van der Waals surface area contributed by atoms with E-state index >= 15 is 0 Å². The summed E-state index contributed by atoms with van der Waals surface area (Å²) in [5.74, 6) is 1.98. The molecule has 2 aromatic heterocycles. The molecule has 1 aliphatic carbocycles. The Balaban J connectivity index is 1.27. The Morgan fingerprint density at radius 2 is 1.86 bits per heavy atom. The summed E-state index contributed by atoms with van der Waals surface area (Å²) in [5.41, 5.74) is 0. The number of anilines is 1. The molecule has 1 saturated heterocycles. The number of piperazine rings is 1. The molecule has 2 fully saturated rings. The molecule has 1 amide bonds. The predicted octanol–water partition coefficient (Wildman–Crippen LogP) is 2.55. The number of carbonyl (C=O) groups is 1. The summed E-state index contributed by atoms with van der Waals surface area (Å²) in [6.45, 7) is 4.64. The molecule has 7 nitrogen and oxygen atoms in total. The van der Waals surface area contributed by atoms with Crippen molar-refractivity contribution in [1.82, 2.24) is 19.8 Å². The van der Waals surface area contributed by atoms with Gasteiger partial charge in [-0.1, -0.05) is 12.8 Å². The molecule has 7 heteroatoms. The molecule has 0 radical (unpaired) electrons. The van der Waals surface area contributed by atoms with E-state index in [9.17, 15) is 4.79 Å². The lowest BCUT2D eigenvalue weighted by Crippen LogP contribution is -2.50. The lowest BCUT2D eigenvalue weighted by atomic mass is 10.2. The summed E-state index contributed by atoms with van der Waals surface area (Å²) >= 11 is 0. The maximum Gasteiger partial charge on any atom is 0.225 e. The summed E-state index contributed by atoms with van der Waals surface area (Å²) in [6, 6.07) is 6.35. The Hall–Kier alpha value is -2.41. The Labute approximate surface area is 166 Å². The Morgan fingerprint density at radius 1 is 1.11 bits per heavy atom. The molecule has 150 valence electrons. The first kappa shape index (κ1) is 18.9. The number of furan rings is 1. The normalized spacial score (nSPS) is 18.2. The highest BCUT2D eigenvalue weighted by Crippen LogP contribution is 2.25. The lowest BCUT2D eigenvalue weighted by molar-refractivity contribution is -0.132. The molecular weight excluding hydrogens is 354 g/mol. The van der Waals surface area contributed by atoms with Crippen LogP contribution in [-0.2, 0) is 11.3 Å². The maximum atomic E-state index is 12.8. The van der Waals surface area contributed by atoms with E-state index in [0.717, 1.165) is 51.0 Å². The molecule has 0 bridgehead atoms. The number of hydrogen-bond donors (Lipinski definition) is 0. The van der Waals surface area contributed by atoms with Crippen LogP contribution in [0.2, 0.25) is 0 Å². The molecule has 4 rings (SSSR count). The van der Waals surface area contributed by atoms with Crippen molar-refractivity contribution in [3.63, 3.8) is 0 Å². The predicted molar refractivity (Wildman–Crippen MR) is 107 cm³/mol. The summed E-state index contributed by atoms with van der Waals surface area (Å²) in [6.07, 6.45) is 10.8. The van der Waals surface area contributed by atoms with Crippen molar-refractivity contribution in [2.24, 2.45) is 0 Å². The summed E-state index contributed by atoms with van der Waals surface area (Å²) in [4.78, 5) is 28.0. The molecule has 3 heterocycles. The monoisotopic (exact) mass is 383 g/mol. The molecule has 0 aromatic carbocycles. The largest absolute Gasteiger partial charge is 0.468 e. The summed E-state index contributed by atoms with van der Waals surface area (Å²) in [7, 11) is 0. The van der Waals surface area contributed by atoms with E-state index in [1.165, 1.54) is 25.7 Å². The molecule has 0 atom stereocenters. The van der Waals surface area contributed by atoms with Gasteiger partial charge in [0.1, 0.15) is 5.76 Å². The van der Waals surface area contributed by atoms with E-state index < -0.39 is 0 Å². The average Bonchev–Trinajstić information content (AvgIpc) is 3.46. The van der Waals surface area contributed by atoms with Crippen LogP contribution in [0.15, 0.2) is 41.3 Å². The number of hydrogen-bond acceptors (Lipinski definition) is 6. The summed E-state index contributed by atoms with van der Waals surface area (Å²) < 4.78 is 5.55. The fourth-order valence-corrected chi connectivity index (χ4v) is 4.27. The van der Waals surface area contributed by atoms with Crippen LogP contribution >= 0.6 is 0 Å². The van der Waals surface area contributed by atoms with Crippen molar-refractivity contribution in [3.05, 3.63) is 42.6 Å². The standard InChI is InChI=1S/C21H29N5O2/c27-20(24-12-14-25(15-13-24)21-22-9-4-10-23-21)8-11-26(18-5-1-2-6-18)17-19-7-3-16-28-19/h3-4,7,9-10,16,18H,1-2,5-6,8,11-15,17H2. The minimum atomic E-state index is 0.246. The van der Waals surface area contributed by atoms with E-state index in [4.69, 9.17) is 4.42 Å². The second-order valence-electron chi connectivity index (χ2n) is 7.65. The highest BCUT2D eigenvalue weighted by molar-refractivity contribution is 5.76. The molecule has 1 aliphatic heterocycles. The van der Waals surface area contributed by atoms with Crippen molar-refractivity contribution in [2.75, 3.05) is 37.6 Å². The third-order valence-corrected chi connectivity index (χ3v) is 5.86. The van der Waals surface area contributed by atoms with Crippen molar-refractivity contribution in [3.8, 4) is 0 Å². The third kappa shape index (κ3) is 4.70. The Morgan fingerprint density at radius 3 is 2.54 bits per heavy atom. The number of amides is 1. The maximum absolute atomic E-state index is 12.8. The van der Waals surface area contributed by atoms with Gasteiger partial charge in [-0.05, 0) is 31.0 Å². The number of aromatic nitrogens is 2. The van der Waals surface area contributed by atoms with Gasteiger partial charge in [0.15, 0.2) is 0 Å². The van der Waals surface area contributed by atoms with Crippen molar-refractivity contribution < 1.29 is 9.21 Å². The minimum absolute atomic E-state index is 0.246. The molecule has 0 N–H and O–H groups in total. The van der Waals surface area contributed by atoms with Crippen molar-refractivity contribution in [2.45, 2.75) is 44.7 Å². The number of carbonyl (C=O) groups excluding carboxylic acids is 1. The van der Waals surface area contributed by atoms with Gasteiger partial charge in [-0.15, -0.1) is 0 Å². The van der Waals surface area contributed by atoms with Gasteiger partial charge in [0.2, 0.25) is 11.9 Å². The van der Waals surface area contributed by atoms with Gasteiger partial charge in [0, 0.05) is 57.6 Å². The van der Waals surface area contributed by atoms with Crippen LogP contribution in [0.3, 0.4) is 0 Å². The molecular formula is C21H29N5O2. The van der Waals surface area contributed by atoms with Gasteiger partial charge in [0.25, 0.3) is 0 Å². The first-order valence-electron chi connectivity index (χ1n) is 10.4. The van der Waals surface area contributed by atoms with Gasteiger partial charge in [-0.3, -0.25) is 9.69 Å². The van der Waals surface area contributed by atoms with Gasteiger partial charge in [-0.25, -0.2) is 9.97 Å². The smallest absolute Gasteiger partial charge is 0.225 e. The Kier molecular flexibility index (Phi) is 6.21. The molecule has 28 heavy (non-hydrogen) atoms. The number of rotatable bonds is 7. The van der Waals surface area contributed by atoms with Gasteiger partial charge >= 0.3 is 0 Å². The third-order valence-electron chi connectivity index (χ3n) is 5.86. The summed E-state index contributed by atoms with van der Waals surface area (Å²) in [5, 5.41) is 0. The zero-order valence-corrected chi connectivity index (χ0v) is 16.4. The SMILES string of the molecule is O=C(CCN(Cc1ccco1)C1CCCC1)N1CCN(c2ncccn2)CC1. The second kappa shape index (κ2) is 9.19. The van der Waals surface area contributed by atoms with E-state index in [1.807, 2.05) is 23.1 Å². The van der Waals surface area contributed by atoms with Gasteiger partial charge in [-0.2, -0.15) is 0 Å². The first-order chi connectivity index (χ1) is 13.8. The van der Waals surface area contributed by atoms with E-state index in [2.05, 4.69) is 19.8 Å². The van der Waals surface area contributed by atoms with Crippen molar-refractivity contribution >= 4 is 11.9 Å². The second-order valence-corrected chi connectivity index (χ2v) is 7.65. The van der Waals surface area contributed by atoms with Gasteiger partial charge < -0.3 is 14.2 Å². The van der Waals surface area contributed by atoms with E-state index in [-0.39, 0.29) is 5.91 Å². The van der Waals surface area contributed by atoms with Gasteiger partial charge in [0.05, 0.1) is 12.8 Å². The minimum Gasteiger partial charge on any atom is -0.468 e. The molecule has 2 aliphatic rings. The van der Waals surface area contributed by atoms with E-state index in [1.54, 1.807) is 18.7 Å². The fraction of sp³-hybridized carbons (Fsp3) is 0.571. The van der Waals surface area contributed by atoms with Crippen LogP contribution in [0.1, 0.15) is 37.9 Å². The fourth-order valence-electron chi connectivity index (χ4n) is 4.27. The topological polar surface area (TPSA) is 65.7 Å². The zero-order valence-electron chi connectivity index (χ0n) is 16.4. The van der Waals surface area contributed by atoms with Crippen molar-refractivity contribution in [1.29, 1.82) is 0 Å². The van der Waals surface area contributed by atoms with Crippen LogP contribution in [0.4, 0.5) is 5.95 Å². The number of nitrogens with zero attached hydrogens (tertiary/aromatic N) is 5. The van der Waals surface area contributed by atoms with Crippen LogP contribution in [0, 0.1) is 0 Å². The van der Waals surface area contributed by atoms with Crippen LogP contribution in [0.5, 0.6) is 0 Å². The lowest BCUT2D eigenvalue weighted by Gasteiger charge is -2.35. The average molecular weight is 383 g/mol. The first-order valence-corrected chi connectivity index (χ1v) is 10.4. The molecule has 1 saturated carbocycles. The molecule has 2 aromatic rings. The van der Waals surface area contributed by atoms with Crippen LogP contribution < -0.4 is 4.90 Å².